The third-order valence-corrected chi connectivity index (χ3v) is 2.88. The summed E-state index contributed by atoms with van der Waals surface area (Å²) in [5.41, 5.74) is 5.56. The summed E-state index contributed by atoms with van der Waals surface area (Å²) in [5, 5.41) is 7.86. The molecule has 0 aliphatic heterocycles. The van der Waals surface area contributed by atoms with Crippen molar-refractivity contribution in [3.63, 3.8) is 0 Å². The maximum Gasteiger partial charge on any atom is 0.416 e. The molecule has 19 heavy (non-hydrogen) atoms. The molecule has 7 heteroatoms. The first-order valence-corrected chi connectivity index (χ1v) is 5.65. The highest BCUT2D eigenvalue weighted by atomic mass is 19.4. The summed E-state index contributed by atoms with van der Waals surface area (Å²) in [4.78, 5) is 0. The number of halogens is 3. The summed E-state index contributed by atoms with van der Waals surface area (Å²) in [7, 11) is 1.78. The molecule has 0 fully saturated rings. The summed E-state index contributed by atoms with van der Waals surface area (Å²) in [6.07, 6.45) is -3.89. The molecule has 0 aliphatic carbocycles. The molecule has 0 atom stereocenters. The number of aromatic nitrogens is 3. The molecule has 0 radical (unpaired) electrons. The third-order valence-electron chi connectivity index (χ3n) is 2.88. The lowest BCUT2D eigenvalue weighted by Gasteiger charge is -2.07. The Hall–Kier alpha value is -1.89. The van der Waals surface area contributed by atoms with E-state index in [0.717, 1.165) is 17.7 Å². The van der Waals surface area contributed by atoms with Gasteiger partial charge in [0.15, 0.2) is 0 Å². The van der Waals surface area contributed by atoms with Crippen LogP contribution in [0, 0.1) is 0 Å². The molecule has 2 N–H and O–H groups in total. The van der Waals surface area contributed by atoms with Gasteiger partial charge in [-0.1, -0.05) is 12.1 Å². The van der Waals surface area contributed by atoms with E-state index < -0.39 is 11.7 Å². The first-order chi connectivity index (χ1) is 8.91. The van der Waals surface area contributed by atoms with Crippen LogP contribution in [0.15, 0.2) is 24.3 Å². The van der Waals surface area contributed by atoms with E-state index in [2.05, 4.69) is 10.2 Å². The van der Waals surface area contributed by atoms with Gasteiger partial charge in [0.05, 0.1) is 12.1 Å². The molecule has 0 amide bonds. The third kappa shape index (κ3) is 2.93. The van der Waals surface area contributed by atoms with E-state index >= 15 is 0 Å². The van der Waals surface area contributed by atoms with Crippen molar-refractivity contribution in [2.24, 2.45) is 12.8 Å². The van der Waals surface area contributed by atoms with E-state index in [9.17, 15) is 13.2 Å². The standard InChI is InChI=1S/C12H13F3N4/c1-19-10(17-18-11(19)7-16)6-8-2-4-9(5-3-8)12(13,14)15/h2-5H,6-7,16H2,1H3. The minimum absolute atomic E-state index is 0.274. The molecule has 0 saturated carbocycles. The highest BCUT2D eigenvalue weighted by Crippen LogP contribution is 2.29. The maximum absolute atomic E-state index is 12.4. The molecule has 0 saturated heterocycles. The maximum atomic E-state index is 12.4. The first kappa shape index (κ1) is 13.5. The lowest BCUT2D eigenvalue weighted by molar-refractivity contribution is -0.137. The van der Waals surface area contributed by atoms with Crippen molar-refractivity contribution in [2.45, 2.75) is 19.1 Å². The summed E-state index contributed by atoms with van der Waals surface area (Å²) in [6, 6.07) is 5.02. The molecule has 1 aromatic heterocycles. The summed E-state index contributed by atoms with van der Waals surface area (Å²) >= 11 is 0. The van der Waals surface area contributed by atoms with Crippen LogP contribution < -0.4 is 5.73 Å². The van der Waals surface area contributed by atoms with Crippen molar-refractivity contribution in [1.82, 2.24) is 14.8 Å². The molecule has 0 aliphatic rings. The van der Waals surface area contributed by atoms with Gasteiger partial charge in [-0.05, 0) is 17.7 Å². The van der Waals surface area contributed by atoms with Gasteiger partial charge < -0.3 is 10.3 Å². The molecule has 1 aromatic carbocycles. The normalized spacial score (nSPS) is 11.8. The Morgan fingerprint density at radius 1 is 1.11 bits per heavy atom. The van der Waals surface area contributed by atoms with E-state index in [1.807, 2.05) is 0 Å². The zero-order valence-electron chi connectivity index (χ0n) is 10.3. The average molecular weight is 270 g/mol. The van der Waals surface area contributed by atoms with Crippen LogP contribution in [-0.4, -0.2) is 14.8 Å². The van der Waals surface area contributed by atoms with Crippen LogP contribution in [-0.2, 0) is 26.2 Å². The summed E-state index contributed by atoms with van der Waals surface area (Å²) in [6.45, 7) is 0.274. The van der Waals surface area contributed by atoms with Crippen molar-refractivity contribution >= 4 is 0 Å². The van der Waals surface area contributed by atoms with E-state index in [-0.39, 0.29) is 6.54 Å². The molecule has 2 rings (SSSR count). The van der Waals surface area contributed by atoms with E-state index in [4.69, 9.17) is 5.73 Å². The first-order valence-electron chi connectivity index (χ1n) is 5.65. The van der Waals surface area contributed by atoms with Crippen LogP contribution >= 0.6 is 0 Å². The van der Waals surface area contributed by atoms with Crippen LogP contribution in [0.25, 0.3) is 0 Å². The van der Waals surface area contributed by atoms with Gasteiger partial charge in [0.25, 0.3) is 0 Å². The predicted octanol–water partition coefficient (Wildman–Crippen LogP) is 1.88. The van der Waals surface area contributed by atoms with Gasteiger partial charge in [-0.3, -0.25) is 0 Å². The van der Waals surface area contributed by atoms with Crippen LogP contribution in [0.3, 0.4) is 0 Å². The van der Waals surface area contributed by atoms with Crippen molar-refractivity contribution in [2.75, 3.05) is 0 Å². The highest BCUT2D eigenvalue weighted by molar-refractivity contribution is 5.26. The lowest BCUT2D eigenvalue weighted by Crippen LogP contribution is -2.08. The Bertz CT molecular complexity index is 557. The Morgan fingerprint density at radius 2 is 1.68 bits per heavy atom. The van der Waals surface area contributed by atoms with Gasteiger partial charge in [-0.25, -0.2) is 0 Å². The fraction of sp³-hybridized carbons (Fsp3) is 0.333. The number of nitrogens with zero attached hydrogens (tertiary/aromatic N) is 3. The highest BCUT2D eigenvalue weighted by Gasteiger charge is 2.29. The molecular formula is C12H13F3N4. The fourth-order valence-corrected chi connectivity index (χ4v) is 1.72. The second-order valence-corrected chi connectivity index (χ2v) is 4.17. The second-order valence-electron chi connectivity index (χ2n) is 4.17. The molecule has 102 valence electrons. The fourth-order valence-electron chi connectivity index (χ4n) is 1.72. The monoisotopic (exact) mass is 270 g/mol. The lowest BCUT2D eigenvalue weighted by atomic mass is 10.1. The quantitative estimate of drug-likeness (QED) is 0.926. The Kier molecular flexibility index (Phi) is 3.57. The largest absolute Gasteiger partial charge is 0.416 e. The minimum Gasteiger partial charge on any atom is -0.324 e. The number of hydrogen-bond donors (Lipinski definition) is 1. The minimum atomic E-state index is -4.31. The second kappa shape index (κ2) is 5.00. The summed E-state index contributed by atoms with van der Waals surface area (Å²) < 4.78 is 39.0. The molecule has 0 spiro atoms. The number of nitrogens with two attached hydrogens (primary N) is 1. The van der Waals surface area contributed by atoms with E-state index in [1.54, 1.807) is 11.6 Å². The Morgan fingerprint density at radius 3 is 2.16 bits per heavy atom. The smallest absolute Gasteiger partial charge is 0.324 e. The molecule has 0 bridgehead atoms. The number of hydrogen-bond acceptors (Lipinski definition) is 3. The van der Waals surface area contributed by atoms with Crippen LogP contribution in [0.4, 0.5) is 13.2 Å². The predicted molar refractivity (Wildman–Crippen MR) is 63.1 cm³/mol. The zero-order valence-corrected chi connectivity index (χ0v) is 10.3. The topological polar surface area (TPSA) is 56.7 Å². The number of rotatable bonds is 3. The van der Waals surface area contributed by atoms with Crippen LogP contribution in [0.2, 0.25) is 0 Å². The van der Waals surface area contributed by atoms with Crippen molar-refractivity contribution in [1.29, 1.82) is 0 Å². The average Bonchev–Trinajstić information content (AvgIpc) is 2.70. The SMILES string of the molecule is Cn1c(CN)nnc1Cc1ccc(C(F)(F)F)cc1. The Balaban J connectivity index is 2.17. The van der Waals surface area contributed by atoms with E-state index in [0.29, 0.717) is 18.1 Å². The van der Waals surface area contributed by atoms with Gasteiger partial charge in [-0.15, -0.1) is 10.2 Å². The molecule has 0 unspecified atom stereocenters. The van der Waals surface area contributed by atoms with Crippen molar-refractivity contribution in [3.05, 3.63) is 47.0 Å². The van der Waals surface area contributed by atoms with E-state index in [1.165, 1.54) is 12.1 Å². The molecule has 4 nitrogen and oxygen atoms in total. The van der Waals surface area contributed by atoms with Gasteiger partial charge in [0.1, 0.15) is 11.6 Å². The van der Waals surface area contributed by atoms with Gasteiger partial charge in [-0.2, -0.15) is 13.2 Å². The molecular weight excluding hydrogens is 257 g/mol. The molecule has 1 heterocycles. The van der Waals surface area contributed by atoms with Gasteiger partial charge in [0, 0.05) is 13.5 Å². The number of benzene rings is 1. The van der Waals surface area contributed by atoms with Crippen LogP contribution in [0.1, 0.15) is 22.8 Å². The number of alkyl halides is 3. The summed E-state index contributed by atoms with van der Waals surface area (Å²) in [5.74, 6) is 1.31. The zero-order chi connectivity index (χ0) is 14.0. The Labute approximate surface area is 108 Å². The van der Waals surface area contributed by atoms with Crippen molar-refractivity contribution in [3.8, 4) is 0 Å². The van der Waals surface area contributed by atoms with Gasteiger partial charge in [0.2, 0.25) is 0 Å². The van der Waals surface area contributed by atoms with Crippen molar-refractivity contribution < 1.29 is 13.2 Å². The molecule has 2 aromatic rings. The van der Waals surface area contributed by atoms with Gasteiger partial charge >= 0.3 is 6.18 Å². The van der Waals surface area contributed by atoms with Crippen LogP contribution in [0.5, 0.6) is 0 Å².